The predicted octanol–water partition coefficient (Wildman–Crippen LogP) is 6.10. The third-order valence-electron chi connectivity index (χ3n) is 5.05. The standard InChI is InChI=1S/C25H29N/c1-21(24-14-8-4-9-15-24)18-26(20-23-12-6-3-7-13-23)19-22(2)25-16-10-5-11-17-25/h3-17,21-22H,18-20H2,1-2H3. The molecule has 26 heavy (non-hydrogen) atoms. The summed E-state index contributed by atoms with van der Waals surface area (Å²) in [6, 6.07) is 32.5. The van der Waals surface area contributed by atoms with Crippen molar-refractivity contribution in [3.05, 3.63) is 108 Å². The first-order chi connectivity index (χ1) is 12.7. The van der Waals surface area contributed by atoms with Crippen LogP contribution in [0, 0.1) is 0 Å². The summed E-state index contributed by atoms with van der Waals surface area (Å²) in [5.74, 6) is 1.03. The van der Waals surface area contributed by atoms with Crippen LogP contribution >= 0.6 is 0 Å². The quantitative estimate of drug-likeness (QED) is 0.478. The van der Waals surface area contributed by atoms with Gasteiger partial charge in [0.2, 0.25) is 0 Å². The molecular weight excluding hydrogens is 314 g/mol. The molecule has 0 amide bonds. The van der Waals surface area contributed by atoms with Crippen LogP contribution in [0.4, 0.5) is 0 Å². The Kier molecular flexibility index (Phi) is 6.62. The van der Waals surface area contributed by atoms with E-state index in [2.05, 4.69) is 110 Å². The number of benzene rings is 3. The molecule has 3 rings (SSSR count). The molecule has 0 aliphatic rings. The molecule has 0 bridgehead atoms. The van der Waals surface area contributed by atoms with E-state index in [4.69, 9.17) is 0 Å². The minimum Gasteiger partial charge on any atom is -0.298 e. The van der Waals surface area contributed by atoms with E-state index in [0.717, 1.165) is 19.6 Å². The summed E-state index contributed by atoms with van der Waals surface area (Å²) in [4.78, 5) is 2.60. The van der Waals surface area contributed by atoms with Crippen molar-refractivity contribution in [3.63, 3.8) is 0 Å². The molecule has 0 saturated heterocycles. The summed E-state index contributed by atoms with van der Waals surface area (Å²) < 4.78 is 0. The molecule has 0 aliphatic carbocycles. The zero-order valence-corrected chi connectivity index (χ0v) is 15.9. The lowest BCUT2D eigenvalue weighted by Crippen LogP contribution is -2.31. The van der Waals surface area contributed by atoms with Gasteiger partial charge in [0.1, 0.15) is 0 Å². The summed E-state index contributed by atoms with van der Waals surface area (Å²) in [5.41, 5.74) is 4.21. The van der Waals surface area contributed by atoms with E-state index in [1.54, 1.807) is 0 Å². The molecule has 2 atom stereocenters. The average molecular weight is 344 g/mol. The molecule has 0 N–H and O–H groups in total. The summed E-state index contributed by atoms with van der Waals surface area (Å²) in [5, 5.41) is 0. The van der Waals surface area contributed by atoms with Crippen molar-refractivity contribution in [2.75, 3.05) is 13.1 Å². The van der Waals surface area contributed by atoms with E-state index in [9.17, 15) is 0 Å². The number of nitrogens with zero attached hydrogens (tertiary/aromatic N) is 1. The Balaban J connectivity index is 1.73. The van der Waals surface area contributed by atoms with Crippen molar-refractivity contribution in [2.45, 2.75) is 32.2 Å². The van der Waals surface area contributed by atoms with Crippen LogP contribution in [0.5, 0.6) is 0 Å². The minimum absolute atomic E-state index is 0.517. The zero-order valence-electron chi connectivity index (χ0n) is 15.9. The van der Waals surface area contributed by atoms with Gasteiger partial charge in [0.15, 0.2) is 0 Å². The van der Waals surface area contributed by atoms with Gasteiger partial charge >= 0.3 is 0 Å². The van der Waals surface area contributed by atoms with Crippen LogP contribution in [0.25, 0.3) is 0 Å². The van der Waals surface area contributed by atoms with E-state index in [1.807, 2.05) is 0 Å². The summed E-state index contributed by atoms with van der Waals surface area (Å²) in [6.45, 7) is 7.79. The summed E-state index contributed by atoms with van der Waals surface area (Å²) in [7, 11) is 0. The van der Waals surface area contributed by atoms with Gasteiger partial charge in [-0.3, -0.25) is 4.90 Å². The third-order valence-corrected chi connectivity index (χ3v) is 5.05. The molecular formula is C25H29N. The van der Waals surface area contributed by atoms with Gasteiger partial charge in [-0.05, 0) is 28.5 Å². The van der Waals surface area contributed by atoms with Crippen LogP contribution < -0.4 is 0 Å². The third kappa shape index (κ3) is 5.31. The van der Waals surface area contributed by atoms with Crippen molar-refractivity contribution in [3.8, 4) is 0 Å². The van der Waals surface area contributed by atoms with Gasteiger partial charge in [0.05, 0.1) is 0 Å². The normalized spacial score (nSPS) is 13.5. The van der Waals surface area contributed by atoms with E-state index in [0.29, 0.717) is 11.8 Å². The first-order valence-electron chi connectivity index (χ1n) is 9.58. The SMILES string of the molecule is CC(CN(Cc1ccccc1)CC(C)c1ccccc1)c1ccccc1. The second-order valence-corrected chi connectivity index (χ2v) is 7.30. The Labute approximate surface area is 158 Å². The second kappa shape index (κ2) is 9.35. The highest BCUT2D eigenvalue weighted by molar-refractivity contribution is 5.21. The van der Waals surface area contributed by atoms with Gasteiger partial charge in [-0.1, -0.05) is 105 Å². The monoisotopic (exact) mass is 343 g/mol. The minimum atomic E-state index is 0.517. The smallest absolute Gasteiger partial charge is 0.0234 e. The fourth-order valence-electron chi connectivity index (χ4n) is 3.59. The molecule has 0 saturated carbocycles. The molecule has 0 radical (unpaired) electrons. The number of rotatable bonds is 8. The van der Waals surface area contributed by atoms with Crippen LogP contribution in [-0.4, -0.2) is 18.0 Å². The highest BCUT2D eigenvalue weighted by atomic mass is 15.1. The molecule has 3 aromatic carbocycles. The fraction of sp³-hybridized carbons (Fsp3) is 0.280. The molecule has 2 unspecified atom stereocenters. The Hall–Kier alpha value is -2.38. The van der Waals surface area contributed by atoms with Crippen LogP contribution in [0.3, 0.4) is 0 Å². The Morgan fingerprint density at radius 2 is 0.962 bits per heavy atom. The highest BCUT2D eigenvalue weighted by Crippen LogP contribution is 2.22. The van der Waals surface area contributed by atoms with Gasteiger partial charge in [-0.2, -0.15) is 0 Å². The van der Waals surface area contributed by atoms with E-state index >= 15 is 0 Å². The molecule has 1 heteroatoms. The fourth-order valence-corrected chi connectivity index (χ4v) is 3.59. The summed E-state index contributed by atoms with van der Waals surface area (Å²) >= 11 is 0. The van der Waals surface area contributed by atoms with Crippen LogP contribution in [0.1, 0.15) is 42.4 Å². The lowest BCUT2D eigenvalue weighted by Gasteiger charge is -2.29. The predicted molar refractivity (Wildman–Crippen MR) is 111 cm³/mol. The Morgan fingerprint density at radius 3 is 1.38 bits per heavy atom. The first-order valence-corrected chi connectivity index (χ1v) is 9.58. The molecule has 0 spiro atoms. The molecule has 0 aromatic heterocycles. The van der Waals surface area contributed by atoms with Crippen LogP contribution in [0.15, 0.2) is 91.0 Å². The van der Waals surface area contributed by atoms with Crippen molar-refractivity contribution >= 4 is 0 Å². The zero-order chi connectivity index (χ0) is 18.2. The van der Waals surface area contributed by atoms with Crippen LogP contribution in [-0.2, 0) is 6.54 Å². The van der Waals surface area contributed by atoms with E-state index < -0.39 is 0 Å². The number of hydrogen-bond acceptors (Lipinski definition) is 1. The van der Waals surface area contributed by atoms with Gasteiger partial charge in [0, 0.05) is 19.6 Å². The maximum Gasteiger partial charge on any atom is 0.0234 e. The Bertz CT molecular complexity index is 704. The second-order valence-electron chi connectivity index (χ2n) is 7.30. The van der Waals surface area contributed by atoms with Gasteiger partial charge < -0.3 is 0 Å². The van der Waals surface area contributed by atoms with Crippen molar-refractivity contribution < 1.29 is 0 Å². The van der Waals surface area contributed by atoms with E-state index in [1.165, 1.54) is 16.7 Å². The van der Waals surface area contributed by atoms with Crippen molar-refractivity contribution in [1.29, 1.82) is 0 Å². The molecule has 0 aliphatic heterocycles. The largest absolute Gasteiger partial charge is 0.298 e. The Morgan fingerprint density at radius 1 is 0.577 bits per heavy atom. The highest BCUT2D eigenvalue weighted by Gasteiger charge is 2.16. The van der Waals surface area contributed by atoms with Gasteiger partial charge in [-0.15, -0.1) is 0 Å². The molecule has 134 valence electrons. The lowest BCUT2D eigenvalue weighted by molar-refractivity contribution is 0.240. The maximum absolute atomic E-state index is 2.60. The van der Waals surface area contributed by atoms with E-state index in [-0.39, 0.29) is 0 Å². The lowest BCUT2D eigenvalue weighted by atomic mass is 9.97. The topological polar surface area (TPSA) is 3.24 Å². The molecule has 1 nitrogen and oxygen atoms in total. The van der Waals surface area contributed by atoms with Crippen LogP contribution in [0.2, 0.25) is 0 Å². The van der Waals surface area contributed by atoms with Crippen molar-refractivity contribution in [1.82, 2.24) is 4.90 Å². The van der Waals surface area contributed by atoms with Gasteiger partial charge in [0.25, 0.3) is 0 Å². The first kappa shape index (κ1) is 18.4. The molecule has 0 heterocycles. The summed E-state index contributed by atoms with van der Waals surface area (Å²) in [6.07, 6.45) is 0. The molecule has 0 fully saturated rings. The average Bonchev–Trinajstić information content (AvgIpc) is 2.70. The van der Waals surface area contributed by atoms with Crippen molar-refractivity contribution in [2.24, 2.45) is 0 Å². The maximum atomic E-state index is 2.60. The molecule has 3 aromatic rings. The number of hydrogen-bond donors (Lipinski definition) is 0. The van der Waals surface area contributed by atoms with Gasteiger partial charge in [-0.25, -0.2) is 0 Å².